The van der Waals surface area contributed by atoms with Crippen LogP contribution >= 0.6 is 0 Å². The summed E-state index contributed by atoms with van der Waals surface area (Å²) in [5.41, 5.74) is 4.64. The predicted octanol–water partition coefficient (Wildman–Crippen LogP) is 3.61. The summed E-state index contributed by atoms with van der Waals surface area (Å²) in [7, 11) is 1.81. The minimum atomic E-state index is -0.0471. The zero-order valence-corrected chi connectivity index (χ0v) is 13.7. The summed E-state index contributed by atoms with van der Waals surface area (Å²) < 4.78 is 0. The molecule has 0 saturated carbocycles. The van der Waals surface area contributed by atoms with E-state index >= 15 is 0 Å². The summed E-state index contributed by atoms with van der Waals surface area (Å²) >= 11 is 0. The van der Waals surface area contributed by atoms with Crippen LogP contribution in [0.1, 0.15) is 41.3 Å². The van der Waals surface area contributed by atoms with Crippen molar-refractivity contribution in [1.82, 2.24) is 15.2 Å². The molecule has 0 spiro atoms. The number of hydrogen-bond acceptors (Lipinski definition) is 2. The maximum absolute atomic E-state index is 12.5. The van der Waals surface area contributed by atoms with Gasteiger partial charge in [0, 0.05) is 13.2 Å². The minimum Gasteiger partial charge on any atom is -0.331 e. The molecule has 1 heterocycles. The van der Waals surface area contributed by atoms with E-state index in [1.165, 1.54) is 11.1 Å². The lowest BCUT2D eigenvalue weighted by molar-refractivity contribution is 0.200. The Bertz CT molecular complexity index is 681. The first-order valence-corrected chi connectivity index (χ1v) is 8.14. The maximum Gasteiger partial charge on any atom is 0.317 e. The van der Waals surface area contributed by atoms with Gasteiger partial charge in [-0.15, -0.1) is 0 Å². The second kappa shape index (κ2) is 6.82. The number of rotatable bonds is 3. The average molecular weight is 309 g/mol. The van der Waals surface area contributed by atoms with E-state index in [0.29, 0.717) is 6.54 Å². The van der Waals surface area contributed by atoms with E-state index in [4.69, 9.17) is 0 Å². The van der Waals surface area contributed by atoms with Crippen molar-refractivity contribution in [1.29, 1.82) is 0 Å². The molecule has 1 aromatic heterocycles. The summed E-state index contributed by atoms with van der Waals surface area (Å²) in [6.07, 6.45) is 5.05. The van der Waals surface area contributed by atoms with Crippen LogP contribution in [-0.2, 0) is 13.0 Å². The highest BCUT2D eigenvalue weighted by Gasteiger charge is 2.22. The van der Waals surface area contributed by atoms with E-state index in [1.807, 2.05) is 38.4 Å². The lowest BCUT2D eigenvalue weighted by Crippen LogP contribution is -2.40. The molecule has 2 amide bonds. The van der Waals surface area contributed by atoms with Crippen molar-refractivity contribution in [2.75, 3.05) is 7.05 Å². The zero-order valence-electron chi connectivity index (χ0n) is 13.7. The van der Waals surface area contributed by atoms with Crippen molar-refractivity contribution in [3.8, 4) is 0 Å². The lowest BCUT2D eigenvalue weighted by Gasteiger charge is -2.28. The third-order valence-electron chi connectivity index (χ3n) is 4.39. The van der Waals surface area contributed by atoms with Crippen LogP contribution in [0.2, 0.25) is 0 Å². The molecule has 1 atom stereocenters. The van der Waals surface area contributed by atoms with Crippen molar-refractivity contribution in [2.45, 2.75) is 38.8 Å². The van der Waals surface area contributed by atoms with E-state index in [-0.39, 0.29) is 12.1 Å². The molecule has 2 aromatic rings. The van der Waals surface area contributed by atoms with Crippen molar-refractivity contribution in [3.05, 3.63) is 65.0 Å². The molecule has 0 saturated heterocycles. The molecule has 1 aliphatic rings. The fourth-order valence-electron chi connectivity index (χ4n) is 3.07. The molecule has 1 aliphatic carbocycles. The standard InChI is InChI=1S/C19H23N3O/c1-14-10-11-16(20-12-14)13-22(2)19(23)21-18-9-5-7-15-6-3-4-8-17(15)18/h3-4,6,8,10-12,18H,5,7,9,13H2,1-2H3,(H,21,23)/t18-/m1/s1. The van der Waals surface area contributed by atoms with Crippen molar-refractivity contribution in [2.24, 2.45) is 0 Å². The Kier molecular flexibility index (Phi) is 4.60. The summed E-state index contributed by atoms with van der Waals surface area (Å²) in [6.45, 7) is 2.52. The van der Waals surface area contributed by atoms with Crippen LogP contribution in [0.5, 0.6) is 0 Å². The molecule has 0 aliphatic heterocycles. The number of urea groups is 1. The fourth-order valence-corrected chi connectivity index (χ4v) is 3.07. The maximum atomic E-state index is 12.5. The first-order valence-electron chi connectivity index (χ1n) is 8.14. The smallest absolute Gasteiger partial charge is 0.317 e. The number of nitrogens with one attached hydrogen (secondary N) is 1. The second-order valence-corrected chi connectivity index (χ2v) is 6.28. The molecule has 0 unspecified atom stereocenters. The van der Waals surface area contributed by atoms with Gasteiger partial charge in [-0.1, -0.05) is 30.3 Å². The van der Waals surface area contributed by atoms with Crippen LogP contribution in [-0.4, -0.2) is 23.0 Å². The molecule has 4 nitrogen and oxygen atoms in total. The zero-order chi connectivity index (χ0) is 16.2. The summed E-state index contributed by atoms with van der Waals surface area (Å²) in [4.78, 5) is 18.5. The first kappa shape index (κ1) is 15.5. The molecule has 0 bridgehead atoms. The average Bonchev–Trinajstić information content (AvgIpc) is 2.57. The molecule has 0 radical (unpaired) electrons. The predicted molar refractivity (Wildman–Crippen MR) is 91.1 cm³/mol. The molecule has 1 N–H and O–H groups in total. The number of fused-ring (bicyclic) bond motifs is 1. The van der Waals surface area contributed by atoms with Crippen molar-refractivity contribution in [3.63, 3.8) is 0 Å². The first-order chi connectivity index (χ1) is 11.1. The quantitative estimate of drug-likeness (QED) is 0.941. The van der Waals surface area contributed by atoms with Gasteiger partial charge in [0.15, 0.2) is 0 Å². The Morgan fingerprint density at radius 1 is 1.30 bits per heavy atom. The van der Waals surface area contributed by atoms with Gasteiger partial charge < -0.3 is 10.2 Å². The van der Waals surface area contributed by atoms with E-state index in [9.17, 15) is 4.79 Å². The fraction of sp³-hybridized carbons (Fsp3) is 0.368. The van der Waals surface area contributed by atoms with Gasteiger partial charge in [-0.3, -0.25) is 4.98 Å². The number of hydrogen-bond donors (Lipinski definition) is 1. The van der Waals surface area contributed by atoms with Gasteiger partial charge in [0.1, 0.15) is 0 Å². The van der Waals surface area contributed by atoms with E-state index in [2.05, 4.69) is 28.5 Å². The third-order valence-corrected chi connectivity index (χ3v) is 4.39. The van der Waals surface area contributed by atoms with Crippen LogP contribution in [0, 0.1) is 6.92 Å². The number of aromatic nitrogens is 1. The number of carbonyl (C=O) groups is 1. The van der Waals surface area contributed by atoms with E-state index < -0.39 is 0 Å². The molecule has 3 rings (SSSR count). The topological polar surface area (TPSA) is 45.2 Å². The van der Waals surface area contributed by atoms with Gasteiger partial charge in [0.2, 0.25) is 0 Å². The molecule has 23 heavy (non-hydrogen) atoms. The Morgan fingerprint density at radius 3 is 2.91 bits per heavy atom. The molecule has 120 valence electrons. The van der Waals surface area contributed by atoms with Crippen LogP contribution in [0.3, 0.4) is 0 Å². The van der Waals surface area contributed by atoms with Gasteiger partial charge in [0.25, 0.3) is 0 Å². The highest BCUT2D eigenvalue weighted by Crippen LogP contribution is 2.29. The molecular weight excluding hydrogens is 286 g/mol. The number of carbonyl (C=O) groups excluding carboxylic acids is 1. The summed E-state index contributed by atoms with van der Waals surface area (Å²) in [6, 6.07) is 12.5. The SMILES string of the molecule is Cc1ccc(CN(C)C(=O)N[C@@H]2CCCc3ccccc32)nc1. The third kappa shape index (κ3) is 3.70. The number of amides is 2. The largest absolute Gasteiger partial charge is 0.331 e. The van der Waals surface area contributed by atoms with E-state index in [1.54, 1.807) is 4.90 Å². The van der Waals surface area contributed by atoms with Crippen LogP contribution in [0.15, 0.2) is 42.6 Å². The Labute approximate surface area is 137 Å². The van der Waals surface area contributed by atoms with Gasteiger partial charge in [0.05, 0.1) is 18.3 Å². The highest BCUT2D eigenvalue weighted by atomic mass is 16.2. The lowest BCUT2D eigenvalue weighted by atomic mass is 9.88. The summed E-state index contributed by atoms with van der Waals surface area (Å²) in [5.74, 6) is 0. The number of pyridine rings is 1. The van der Waals surface area contributed by atoms with Crippen molar-refractivity contribution < 1.29 is 4.79 Å². The Hall–Kier alpha value is -2.36. The Balaban J connectivity index is 1.64. The molecule has 4 heteroatoms. The van der Waals surface area contributed by atoms with Crippen LogP contribution in [0.25, 0.3) is 0 Å². The van der Waals surface area contributed by atoms with Crippen LogP contribution in [0.4, 0.5) is 4.79 Å². The summed E-state index contributed by atoms with van der Waals surface area (Å²) in [5, 5.41) is 3.17. The van der Waals surface area contributed by atoms with Crippen molar-refractivity contribution >= 4 is 6.03 Å². The number of nitrogens with zero attached hydrogens (tertiary/aromatic N) is 2. The molecule has 0 fully saturated rings. The molecule has 1 aromatic carbocycles. The van der Waals surface area contributed by atoms with Gasteiger partial charge in [-0.05, 0) is 48.9 Å². The second-order valence-electron chi connectivity index (χ2n) is 6.28. The minimum absolute atomic E-state index is 0.0471. The normalized spacial score (nSPS) is 16.5. The Morgan fingerprint density at radius 2 is 2.13 bits per heavy atom. The molecular formula is C19H23N3O. The van der Waals surface area contributed by atoms with Crippen LogP contribution < -0.4 is 5.32 Å². The monoisotopic (exact) mass is 309 g/mol. The van der Waals surface area contributed by atoms with Gasteiger partial charge in [-0.2, -0.15) is 0 Å². The van der Waals surface area contributed by atoms with Gasteiger partial charge >= 0.3 is 6.03 Å². The highest BCUT2D eigenvalue weighted by molar-refractivity contribution is 5.74. The van der Waals surface area contributed by atoms with Gasteiger partial charge in [-0.25, -0.2) is 4.79 Å². The number of benzene rings is 1. The van der Waals surface area contributed by atoms with E-state index in [0.717, 1.165) is 30.5 Å². The number of aryl methyl sites for hydroxylation is 2.